The lowest BCUT2D eigenvalue weighted by molar-refractivity contribution is -0.140. The summed E-state index contributed by atoms with van der Waals surface area (Å²) in [4.78, 5) is 27.2. The molecule has 1 aliphatic heterocycles. The number of rotatable bonds is 7. The van der Waals surface area contributed by atoms with Gasteiger partial charge in [-0.25, -0.2) is 4.98 Å². The van der Waals surface area contributed by atoms with Gasteiger partial charge in [0.1, 0.15) is 12.7 Å². The Bertz CT molecular complexity index is 676. The number of hydrogen-bond donors (Lipinski definition) is 0. The Labute approximate surface area is 147 Å². The molecule has 1 aliphatic rings. The van der Waals surface area contributed by atoms with Crippen molar-refractivity contribution < 1.29 is 9.53 Å². The summed E-state index contributed by atoms with van der Waals surface area (Å²) in [5.41, 5.74) is 1.94. The van der Waals surface area contributed by atoms with Crippen LogP contribution in [0.4, 0.5) is 0 Å². The molecule has 0 aliphatic carbocycles. The third-order valence-electron chi connectivity index (χ3n) is 4.49. The normalized spacial score (nSPS) is 17.6. The van der Waals surface area contributed by atoms with Crippen molar-refractivity contribution in [3.63, 3.8) is 0 Å². The lowest BCUT2D eigenvalue weighted by Crippen LogP contribution is -2.48. The van der Waals surface area contributed by atoms with E-state index in [-0.39, 0.29) is 11.9 Å². The maximum atomic E-state index is 12.6. The summed E-state index contributed by atoms with van der Waals surface area (Å²) in [5, 5.41) is 4.06. The van der Waals surface area contributed by atoms with Crippen LogP contribution in [0.2, 0.25) is 0 Å². The topological polar surface area (TPSA) is 86.0 Å². The number of carbonyl (C=O) groups excluding carboxylic acids is 1. The molecule has 0 saturated carbocycles. The molecule has 1 unspecified atom stereocenters. The van der Waals surface area contributed by atoms with Gasteiger partial charge >= 0.3 is 0 Å². The summed E-state index contributed by atoms with van der Waals surface area (Å²) in [7, 11) is 0. The quantitative estimate of drug-likeness (QED) is 0.745. The molecule has 2 aromatic heterocycles. The zero-order valence-electron chi connectivity index (χ0n) is 14.5. The highest BCUT2D eigenvalue weighted by atomic mass is 16.5. The molecule has 25 heavy (non-hydrogen) atoms. The van der Waals surface area contributed by atoms with E-state index < -0.39 is 0 Å². The van der Waals surface area contributed by atoms with Crippen LogP contribution in [0.3, 0.4) is 0 Å². The summed E-state index contributed by atoms with van der Waals surface area (Å²) in [5.74, 6) is 0.185. The van der Waals surface area contributed by atoms with Crippen molar-refractivity contribution in [2.24, 2.45) is 0 Å². The average molecular weight is 344 g/mol. The molecule has 3 rings (SSSR count). The second-order valence-corrected chi connectivity index (χ2v) is 6.21. The number of ether oxygens (including phenoxy) is 1. The van der Waals surface area contributed by atoms with Crippen molar-refractivity contribution in [2.45, 2.75) is 45.2 Å². The first-order chi connectivity index (χ1) is 12.2. The highest BCUT2D eigenvalue weighted by molar-refractivity contribution is 5.76. The fourth-order valence-corrected chi connectivity index (χ4v) is 3.09. The van der Waals surface area contributed by atoms with Gasteiger partial charge in [-0.3, -0.25) is 19.4 Å². The molecule has 0 aromatic carbocycles. The summed E-state index contributed by atoms with van der Waals surface area (Å²) in [6, 6.07) is 0.106. The molecule has 0 spiro atoms. The monoisotopic (exact) mass is 344 g/mol. The molecule has 1 fully saturated rings. The first-order valence-electron chi connectivity index (χ1n) is 8.70. The van der Waals surface area contributed by atoms with E-state index in [1.54, 1.807) is 23.4 Å². The Hall–Kier alpha value is -2.35. The lowest BCUT2D eigenvalue weighted by atomic mass is 10.1. The van der Waals surface area contributed by atoms with Gasteiger partial charge in [0.05, 0.1) is 30.6 Å². The van der Waals surface area contributed by atoms with Crippen LogP contribution in [-0.4, -0.2) is 61.3 Å². The van der Waals surface area contributed by atoms with Gasteiger partial charge in [-0.15, -0.1) is 0 Å². The minimum atomic E-state index is 0.106. The van der Waals surface area contributed by atoms with Crippen LogP contribution in [0.25, 0.3) is 0 Å². The van der Waals surface area contributed by atoms with Gasteiger partial charge in [-0.2, -0.15) is 5.10 Å². The number of nitrogens with zero attached hydrogens (tertiary/aromatic N) is 6. The van der Waals surface area contributed by atoms with Crippen LogP contribution >= 0.6 is 0 Å². The third kappa shape index (κ3) is 4.82. The number of amides is 1. The van der Waals surface area contributed by atoms with E-state index in [9.17, 15) is 4.79 Å². The first kappa shape index (κ1) is 17.5. The molecule has 8 nitrogen and oxygen atoms in total. The van der Waals surface area contributed by atoms with Gasteiger partial charge in [0.2, 0.25) is 5.91 Å². The average Bonchev–Trinajstić information content (AvgIpc) is 3.15. The van der Waals surface area contributed by atoms with Gasteiger partial charge < -0.3 is 9.64 Å². The van der Waals surface area contributed by atoms with E-state index >= 15 is 0 Å². The molecule has 134 valence electrons. The molecule has 8 heteroatoms. The predicted molar refractivity (Wildman–Crippen MR) is 90.7 cm³/mol. The van der Waals surface area contributed by atoms with Crippen molar-refractivity contribution in [3.8, 4) is 0 Å². The van der Waals surface area contributed by atoms with E-state index in [4.69, 9.17) is 4.74 Å². The van der Waals surface area contributed by atoms with Crippen LogP contribution in [0.1, 0.15) is 30.7 Å². The number of aryl methyl sites for hydroxylation is 3. The summed E-state index contributed by atoms with van der Waals surface area (Å²) >= 11 is 0. The molecule has 1 saturated heterocycles. The van der Waals surface area contributed by atoms with Crippen LogP contribution in [0.15, 0.2) is 25.0 Å². The fraction of sp³-hybridized carbons (Fsp3) is 0.588. The molecule has 3 heterocycles. The number of aromatic nitrogens is 5. The van der Waals surface area contributed by atoms with E-state index in [0.29, 0.717) is 32.7 Å². The highest BCUT2D eigenvalue weighted by Gasteiger charge is 2.26. The van der Waals surface area contributed by atoms with Gasteiger partial charge in [0.15, 0.2) is 0 Å². The summed E-state index contributed by atoms with van der Waals surface area (Å²) < 4.78 is 7.34. The second-order valence-electron chi connectivity index (χ2n) is 6.21. The lowest BCUT2D eigenvalue weighted by Gasteiger charge is -2.36. The van der Waals surface area contributed by atoms with E-state index in [2.05, 4.69) is 20.1 Å². The van der Waals surface area contributed by atoms with E-state index in [0.717, 1.165) is 30.7 Å². The molecular formula is C17H24N6O2. The SMILES string of the molecule is Cc1nccnc1CCC1COCCN1C(=O)CCCn1cncn1. The van der Waals surface area contributed by atoms with Crippen molar-refractivity contribution in [1.82, 2.24) is 29.6 Å². The molecular weight excluding hydrogens is 320 g/mol. The number of hydrogen-bond acceptors (Lipinski definition) is 6. The van der Waals surface area contributed by atoms with Crippen molar-refractivity contribution in [2.75, 3.05) is 19.8 Å². The molecule has 1 atom stereocenters. The molecule has 0 bridgehead atoms. The maximum absolute atomic E-state index is 12.6. The summed E-state index contributed by atoms with van der Waals surface area (Å²) in [6.07, 6.45) is 9.51. The van der Waals surface area contributed by atoms with Crippen LogP contribution in [0, 0.1) is 6.92 Å². The van der Waals surface area contributed by atoms with Gasteiger partial charge in [0.25, 0.3) is 0 Å². The maximum Gasteiger partial charge on any atom is 0.223 e. The predicted octanol–water partition coefficient (Wildman–Crippen LogP) is 1.02. The van der Waals surface area contributed by atoms with Gasteiger partial charge in [0, 0.05) is 31.9 Å². The third-order valence-corrected chi connectivity index (χ3v) is 4.49. The van der Waals surface area contributed by atoms with Crippen LogP contribution < -0.4 is 0 Å². The Morgan fingerprint density at radius 1 is 1.36 bits per heavy atom. The minimum Gasteiger partial charge on any atom is -0.377 e. The molecule has 1 amide bonds. The van der Waals surface area contributed by atoms with Crippen LogP contribution in [0.5, 0.6) is 0 Å². The fourth-order valence-electron chi connectivity index (χ4n) is 3.09. The minimum absolute atomic E-state index is 0.106. The van der Waals surface area contributed by atoms with Crippen molar-refractivity contribution in [1.29, 1.82) is 0 Å². The highest BCUT2D eigenvalue weighted by Crippen LogP contribution is 2.16. The number of carbonyl (C=O) groups is 1. The molecule has 0 N–H and O–H groups in total. The smallest absolute Gasteiger partial charge is 0.223 e. The standard InChI is InChI=1S/C17H24N6O2/c1-14-16(20-7-6-19-14)5-4-15-11-25-10-9-23(15)17(24)3-2-8-22-13-18-12-21-22/h6-7,12-13,15H,2-5,8-11H2,1H3. The zero-order chi connectivity index (χ0) is 17.5. The number of morpholine rings is 1. The van der Waals surface area contributed by atoms with Crippen molar-refractivity contribution in [3.05, 3.63) is 36.4 Å². The summed E-state index contributed by atoms with van der Waals surface area (Å²) in [6.45, 7) is 4.53. The van der Waals surface area contributed by atoms with Gasteiger partial charge in [-0.1, -0.05) is 0 Å². The largest absolute Gasteiger partial charge is 0.377 e. The van der Waals surface area contributed by atoms with E-state index in [1.165, 1.54) is 6.33 Å². The second kappa shape index (κ2) is 8.66. The Morgan fingerprint density at radius 2 is 2.24 bits per heavy atom. The Morgan fingerprint density at radius 3 is 3.04 bits per heavy atom. The Balaban J connectivity index is 1.51. The Kier molecular flexibility index (Phi) is 6.05. The molecule has 0 radical (unpaired) electrons. The van der Waals surface area contributed by atoms with Crippen LogP contribution in [-0.2, 0) is 22.5 Å². The molecule has 2 aromatic rings. The van der Waals surface area contributed by atoms with E-state index in [1.807, 2.05) is 11.8 Å². The first-order valence-corrected chi connectivity index (χ1v) is 8.70. The van der Waals surface area contributed by atoms with Gasteiger partial charge in [-0.05, 0) is 26.2 Å². The zero-order valence-corrected chi connectivity index (χ0v) is 14.5. The van der Waals surface area contributed by atoms with Crippen molar-refractivity contribution >= 4 is 5.91 Å².